The summed E-state index contributed by atoms with van der Waals surface area (Å²) in [5.74, 6) is 0.899. The Morgan fingerprint density at radius 2 is 2.00 bits per heavy atom. The Labute approximate surface area is 68.2 Å². The van der Waals surface area contributed by atoms with Crippen LogP contribution in [0, 0.1) is 16.7 Å². The second kappa shape index (κ2) is 1.70. The normalized spacial score (nSPS) is 46.8. The van der Waals surface area contributed by atoms with Crippen molar-refractivity contribution in [3.8, 4) is 0 Å². The standard InChI is InChI=1S/C10H16O/c1-9(2)6-10(3)4-7(9)8(11)5-10/h7H,4-6H2,1-3H3. The molecule has 0 N–H and O–H groups in total. The number of rotatable bonds is 0. The highest BCUT2D eigenvalue weighted by atomic mass is 16.1. The first kappa shape index (κ1) is 7.33. The smallest absolute Gasteiger partial charge is 0.137 e. The van der Waals surface area contributed by atoms with Gasteiger partial charge in [-0.15, -0.1) is 0 Å². The Kier molecular flexibility index (Phi) is 1.13. The Hall–Kier alpha value is -0.330. The molecular weight excluding hydrogens is 136 g/mol. The molecule has 0 amide bonds. The van der Waals surface area contributed by atoms with Crippen molar-refractivity contribution in [2.24, 2.45) is 16.7 Å². The molecule has 1 heteroatoms. The van der Waals surface area contributed by atoms with Crippen LogP contribution in [-0.2, 0) is 4.79 Å². The fourth-order valence-electron chi connectivity index (χ4n) is 3.29. The van der Waals surface area contributed by atoms with Crippen LogP contribution >= 0.6 is 0 Å². The molecule has 2 aliphatic carbocycles. The first-order valence-corrected chi connectivity index (χ1v) is 4.46. The van der Waals surface area contributed by atoms with Crippen molar-refractivity contribution in [2.75, 3.05) is 0 Å². The van der Waals surface area contributed by atoms with Gasteiger partial charge in [-0.2, -0.15) is 0 Å². The minimum atomic E-state index is 0.296. The van der Waals surface area contributed by atoms with E-state index in [1.54, 1.807) is 0 Å². The lowest BCUT2D eigenvalue weighted by atomic mass is 9.72. The number of carbonyl (C=O) groups excluding carboxylic acids is 1. The van der Waals surface area contributed by atoms with E-state index >= 15 is 0 Å². The van der Waals surface area contributed by atoms with Gasteiger partial charge in [0.25, 0.3) is 0 Å². The van der Waals surface area contributed by atoms with E-state index in [2.05, 4.69) is 20.8 Å². The summed E-state index contributed by atoms with van der Waals surface area (Å²) in [5.41, 5.74) is 0.662. The lowest BCUT2D eigenvalue weighted by Crippen LogP contribution is -2.29. The Morgan fingerprint density at radius 3 is 2.27 bits per heavy atom. The molecule has 0 spiro atoms. The third kappa shape index (κ3) is 0.863. The van der Waals surface area contributed by atoms with Gasteiger partial charge in [0.1, 0.15) is 5.78 Å². The van der Waals surface area contributed by atoms with Crippen molar-refractivity contribution in [1.29, 1.82) is 0 Å². The zero-order valence-electron chi connectivity index (χ0n) is 7.61. The minimum absolute atomic E-state index is 0.296. The molecule has 2 bridgehead atoms. The molecule has 0 aromatic heterocycles. The van der Waals surface area contributed by atoms with Crippen LogP contribution in [0.5, 0.6) is 0 Å². The van der Waals surface area contributed by atoms with Gasteiger partial charge in [-0.3, -0.25) is 4.79 Å². The minimum Gasteiger partial charge on any atom is -0.299 e. The average Bonchev–Trinajstić information content (AvgIpc) is 2.13. The number of ketones is 1. The maximum atomic E-state index is 11.5. The molecule has 0 radical (unpaired) electrons. The van der Waals surface area contributed by atoms with Gasteiger partial charge in [-0.1, -0.05) is 20.8 Å². The molecule has 0 aromatic carbocycles. The maximum absolute atomic E-state index is 11.5. The molecule has 2 unspecified atom stereocenters. The summed E-state index contributed by atoms with van der Waals surface area (Å²) in [4.78, 5) is 11.5. The van der Waals surface area contributed by atoms with E-state index in [0.29, 0.717) is 22.5 Å². The van der Waals surface area contributed by atoms with Gasteiger partial charge in [-0.25, -0.2) is 0 Å². The Balaban J connectivity index is 2.35. The molecule has 2 atom stereocenters. The molecule has 2 aliphatic rings. The Morgan fingerprint density at radius 1 is 1.36 bits per heavy atom. The SMILES string of the molecule is CC12CC(=O)C(C1)C(C)(C)C2. The molecule has 62 valence electrons. The monoisotopic (exact) mass is 152 g/mol. The summed E-state index contributed by atoms with van der Waals surface area (Å²) in [7, 11) is 0. The predicted molar refractivity (Wildman–Crippen MR) is 44.2 cm³/mol. The van der Waals surface area contributed by atoms with Crippen molar-refractivity contribution < 1.29 is 4.79 Å². The highest BCUT2D eigenvalue weighted by Gasteiger charge is 2.56. The lowest BCUT2D eigenvalue weighted by Gasteiger charge is -2.31. The fraction of sp³-hybridized carbons (Fsp3) is 0.900. The van der Waals surface area contributed by atoms with Crippen molar-refractivity contribution in [2.45, 2.75) is 40.0 Å². The number of hydrogen-bond donors (Lipinski definition) is 0. The van der Waals surface area contributed by atoms with Gasteiger partial charge in [0.05, 0.1) is 0 Å². The van der Waals surface area contributed by atoms with Gasteiger partial charge in [-0.05, 0) is 23.7 Å². The second-order valence-corrected chi connectivity index (χ2v) is 5.38. The molecule has 11 heavy (non-hydrogen) atoms. The molecule has 0 saturated heterocycles. The van der Waals surface area contributed by atoms with Crippen molar-refractivity contribution in [3.63, 3.8) is 0 Å². The molecule has 2 saturated carbocycles. The number of Topliss-reactive ketones (excluding diaryl/α,β-unsaturated/α-hetero) is 1. The van der Waals surface area contributed by atoms with Gasteiger partial charge in [0.2, 0.25) is 0 Å². The zero-order chi connectivity index (χ0) is 8.28. The number of fused-ring (bicyclic) bond motifs is 2. The van der Waals surface area contributed by atoms with Crippen molar-refractivity contribution >= 4 is 5.78 Å². The predicted octanol–water partition coefficient (Wildman–Crippen LogP) is 2.40. The molecule has 1 nitrogen and oxygen atoms in total. The van der Waals surface area contributed by atoms with Crippen LogP contribution < -0.4 is 0 Å². The van der Waals surface area contributed by atoms with Gasteiger partial charge >= 0.3 is 0 Å². The van der Waals surface area contributed by atoms with Gasteiger partial charge in [0, 0.05) is 12.3 Å². The largest absolute Gasteiger partial charge is 0.299 e. The van der Waals surface area contributed by atoms with Crippen LogP contribution in [0.4, 0.5) is 0 Å². The summed E-state index contributed by atoms with van der Waals surface area (Å²) >= 11 is 0. The highest BCUT2D eigenvalue weighted by molar-refractivity contribution is 5.86. The quantitative estimate of drug-likeness (QED) is 0.521. The summed E-state index contributed by atoms with van der Waals surface area (Å²) in [5, 5.41) is 0. The molecule has 0 aromatic rings. The number of hydrogen-bond acceptors (Lipinski definition) is 1. The third-order valence-electron chi connectivity index (χ3n) is 3.51. The first-order chi connectivity index (χ1) is 4.93. The average molecular weight is 152 g/mol. The fourth-order valence-corrected chi connectivity index (χ4v) is 3.29. The van der Waals surface area contributed by atoms with Crippen LogP contribution in [0.2, 0.25) is 0 Å². The molecule has 2 fully saturated rings. The molecule has 2 rings (SSSR count). The van der Waals surface area contributed by atoms with E-state index in [-0.39, 0.29) is 0 Å². The van der Waals surface area contributed by atoms with E-state index in [4.69, 9.17) is 0 Å². The lowest BCUT2D eigenvalue weighted by molar-refractivity contribution is -0.125. The highest BCUT2D eigenvalue weighted by Crippen LogP contribution is 2.60. The summed E-state index contributed by atoms with van der Waals surface area (Å²) in [6.07, 6.45) is 3.25. The summed E-state index contributed by atoms with van der Waals surface area (Å²) < 4.78 is 0. The van der Waals surface area contributed by atoms with Crippen LogP contribution in [0.1, 0.15) is 40.0 Å². The molecular formula is C10H16O. The van der Waals surface area contributed by atoms with Crippen molar-refractivity contribution in [1.82, 2.24) is 0 Å². The second-order valence-electron chi connectivity index (χ2n) is 5.38. The van der Waals surface area contributed by atoms with Crippen LogP contribution in [0.25, 0.3) is 0 Å². The third-order valence-corrected chi connectivity index (χ3v) is 3.51. The van der Waals surface area contributed by atoms with Crippen LogP contribution in [0.15, 0.2) is 0 Å². The van der Waals surface area contributed by atoms with Crippen molar-refractivity contribution in [3.05, 3.63) is 0 Å². The van der Waals surface area contributed by atoms with Gasteiger partial charge in [0.15, 0.2) is 0 Å². The maximum Gasteiger partial charge on any atom is 0.137 e. The molecule has 0 heterocycles. The van der Waals surface area contributed by atoms with E-state index in [1.165, 1.54) is 6.42 Å². The topological polar surface area (TPSA) is 17.1 Å². The summed E-state index contributed by atoms with van der Waals surface area (Å²) in [6, 6.07) is 0. The number of carbonyl (C=O) groups is 1. The van der Waals surface area contributed by atoms with E-state index in [0.717, 1.165) is 12.8 Å². The van der Waals surface area contributed by atoms with Crippen LogP contribution in [0.3, 0.4) is 0 Å². The van der Waals surface area contributed by atoms with Gasteiger partial charge < -0.3 is 0 Å². The van der Waals surface area contributed by atoms with E-state index in [1.807, 2.05) is 0 Å². The molecule has 0 aliphatic heterocycles. The van der Waals surface area contributed by atoms with Crippen LogP contribution in [-0.4, -0.2) is 5.78 Å². The summed E-state index contributed by atoms with van der Waals surface area (Å²) in [6.45, 7) is 6.74. The Bertz CT molecular complexity index is 214. The van der Waals surface area contributed by atoms with E-state index < -0.39 is 0 Å². The van der Waals surface area contributed by atoms with E-state index in [9.17, 15) is 4.79 Å². The first-order valence-electron chi connectivity index (χ1n) is 4.46. The zero-order valence-corrected chi connectivity index (χ0v) is 7.61.